The van der Waals surface area contributed by atoms with Crippen molar-refractivity contribution in [1.82, 2.24) is 4.90 Å². The van der Waals surface area contributed by atoms with Gasteiger partial charge in [0, 0.05) is 21.9 Å². The zero-order valence-corrected chi connectivity index (χ0v) is 17.8. The number of thioether (sulfide) groups is 1. The lowest BCUT2D eigenvalue weighted by Gasteiger charge is -2.25. The highest BCUT2D eigenvalue weighted by Gasteiger charge is 2.25. The third kappa shape index (κ3) is 4.71. The van der Waals surface area contributed by atoms with Crippen molar-refractivity contribution >= 4 is 40.6 Å². The number of carbonyl (C=O) groups is 2. The molecule has 2 heterocycles. The molecule has 0 bridgehead atoms. The molecule has 1 atom stereocenters. The minimum atomic E-state index is -0.120. The normalized spacial score (nSPS) is 15.5. The summed E-state index contributed by atoms with van der Waals surface area (Å²) in [7, 11) is 0. The molecule has 4 nitrogen and oxygen atoms in total. The molecule has 3 aromatic rings. The second-order valence-electron chi connectivity index (χ2n) is 7.00. The molecule has 1 unspecified atom stereocenters. The van der Waals surface area contributed by atoms with Gasteiger partial charge in [-0.25, -0.2) is 0 Å². The summed E-state index contributed by atoms with van der Waals surface area (Å²) in [5.41, 5.74) is 2.53. The van der Waals surface area contributed by atoms with Gasteiger partial charge in [0.1, 0.15) is 0 Å². The number of hydrogen-bond acceptors (Lipinski definition) is 4. The van der Waals surface area contributed by atoms with Gasteiger partial charge in [-0.1, -0.05) is 36.4 Å². The van der Waals surface area contributed by atoms with Gasteiger partial charge in [-0.05, 0) is 48.6 Å². The van der Waals surface area contributed by atoms with Gasteiger partial charge in [0.15, 0.2) is 0 Å². The minimum Gasteiger partial charge on any atom is -0.333 e. The summed E-state index contributed by atoms with van der Waals surface area (Å²) in [6.07, 6.45) is 0.799. The van der Waals surface area contributed by atoms with E-state index in [2.05, 4.69) is 23.5 Å². The van der Waals surface area contributed by atoms with E-state index in [9.17, 15) is 9.59 Å². The molecule has 0 aliphatic carbocycles. The third-order valence-corrected chi connectivity index (χ3v) is 6.92. The molecule has 2 amide bonds. The van der Waals surface area contributed by atoms with E-state index in [1.807, 2.05) is 53.6 Å². The Morgan fingerprint density at radius 3 is 2.69 bits per heavy atom. The van der Waals surface area contributed by atoms with Crippen molar-refractivity contribution in [3.8, 4) is 0 Å². The van der Waals surface area contributed by atoms with E-state index in [-0.39, 0.29) is 17.1 Å². The molecule has 148 valence electrons. The average molecular weight is 423 g/mol. The van der Waals surface area contributed by atoms with Gasteiger partial charge in [0.2, 0.25) is 5.91 Å². The Morgan fingerprint density at radius 2 is 1.93 bits per heavy atom. The first-order valence-corrected chi connectivity index (χ1v) is 11.3. The van der Waals surface area contributed by atoms with Gasteiger partial charge in [-0.15, -0.1) is 23.1 Å². The molecular weight excluding hydrogens is 400 g/mol. The molecule has 1 N–H and O–H groups in total. The van der Waals surface area contributed by atoms with Crippen LogP contribution in [0, 0.1) is 0 Å². The summed E-state index contributed by atoms with van der Waals surface area (Å²) < 4.78 is 0. The average Bonchev–Trinajstić information content (AvgIpc) is 3.25. The summed E-state index contributed by atoms with van der Waals surface area (Å²) in [6, 6.07) is 19.9. The molecule has 29 heavy (non-hydrogen) atoms. The highest BCUT2D eigenvalue weighted by atomic mass is 32.2. The van der Waals surface area contributed by atoms with Crippen molar-refractivity contribution in [2.75, 3.05) is 11.9 Å². The number of fused-ring (bicyclic) bond motifs is 1. The van der Waals surface area contributed by atoms with Crippen LogP contribution in [0.5, 0.6) is 0 Å². The second-order valence-corrected chi connectivity index (χ2v) is 9.42. The van der Waals surface area contributed by atoms with Crippen LogP contribution in [0.1, 0.15) is 27.7 Å². The van der Waals surface area contributed by atoms with Crippen LogP contribution in [0.15, 0.2) is 70.9 Å². The van der Waals surface area contributed by atoms with Crippen LogP contribution >= 0.6 is 23.1 Å². The standard InChI is InChI=1S/C23H22N2O2S2/c1-16-22(26)24-20-14-18(9-10-21(20)29-16)23(27)25(15-19-8-5-13-28-19)12-11-17-6-3-2-4-7-17/h2-10,13-14,16H,11-12,15H2,1H3,(H,24,26). The van der Waals surface area contributed by atoms with E-state index < -0.39 is 0 Å². The maximum atomic E-state index is 13.3. The molecule has 2 aromatic carbocycles. The van der Waals surface area contributed by atoms with Crippen LogP contribution in [-0.2, 0) is 17.8 Å². The third-order valence-electron chi connectivity index (χ3n) is 4.88. The van der Waals surface area contributed by atoms with Crippen LogP contribution in [-0.4, -0.2) is 28.5 Å². The van der Waals surface area contributed by atoms with Gasteiger partial charge in [-0.3, -0.25) is 9.59 Å². The molecule has 6 heteroatoms. The van der Waals surface area contributed by atoms with Crippen molar-refractivity contribution in [2.24, 2.45) is 0 Å². The first-order chi connectivity index (χ1) is 14.1. The number of anilines is 1. The molecule has 0 saturated heterocycles. The van der Waals surface area contributed by atoms with E-state index in [1.54, 1.807) is 17.4 Å². The quantitative estimate of drug-likeness (QED) is 0.604. The van der Waals surface area contributed by atoms with Gasteiger partial charge < -0.3 is 10.2 Å². The van der Waals surface area contributed by atoms with Crippen LogP contribution in [0.4, 0.5) is 5.69 Å². The van der Waals surface area contributed by atoms with Gasteiger partial charge in [0.05, 0.1) is 17.5 Å². The van der Waals surface area contributed by atoms with Crippen LogP contribution < -0.4 is 5.32 Å². The van der Waals surface area contributed by atoms with Crippen LogP contribution in [0.2, 0.25) is 0 Å². The fraction of sp³-hybridized carbons (Fsp3) is 0.217. The lowest BCUT2D eigenvalue weighted by molar-refractivity contribution is -0.115. The molecule has 0 fully saturated rings. The lowest BCUT2D eigenvalue weighted by atomic mass is 10.1. The fourth-order valence-electron chi connectivity index (χ4n) is 3.28. The monoisotopic (exact) mass is 422 g/mol. The minimum absolute atomic E-state index is 0.0185. The number of thiophene rings is 1. The van der Waals surface area contributed by atoms with E-state index in [0.717, 1.165) is 21.9 Å². The zero-order chi connectivity index (χ0) is 20.2. The summed E-state index contributed by atoms with van der Waals surface area (Å²) >= 11 is 3.18. The number of rotatable bonds is 6. The number of carbonyl (C=O) groups excluding carboxylic acids is 2. The van der Waals surface area contributed by atoms with Crippen molar-refractivity contribution < 1.29 is 9.59 Å². The summed E-state index contributed by atoms with van der Waals surface area (Å²) in [5.74, 6) is -0.0402. The molecule has 0 spiro atoms. The number of amides is 2. The van der Waals surface area contributed by atoms with E-state index in [1.165, 1.54) is 17.3 Å². The smallest absolute Gasteiger partial charge is 0.254 e. The summed E-state index contributed by atoms with van der Waals surface area (Å²) in [5, 5.41) is 4.83. The van der Waals surface area contributed by atoms with Gasteiger partial charge >= 0.3 is 0 Å². The van der Waals surface area contributed by atoms with E-state index >= 15 is 0 Å². The molecule has 1 aromatic heterocycles. The maximum Gasteiger partial charge on any atom is 0.254 e. The Balaban J connectivity index is 1.55. The maximum absolute atomic E-state index is 13.3. The largest absolute Gasteiger partial charge is 0.333 e. The SMILES string of the molecule is CC1Sc2ccc(C(=O)N(CCc3ccccc3)Cc3cccs3)cc2NC1=O. The van der Waals surface area contributed by atoms with Gasteiger partial charge in [0.25, 0.3) is 5.91 Å². The lowest BCUT2D eigenvalue weighted by Crippen LogP contribution is -2.32. The molecule has 1 aliphatic heterocycles. The number of nitrogens with one attached hydrogen (secondary N) is 1. The number of benzene rings is 2. The van der Waals surface area contributed by atoms with Crippen molar-refractivity contribution in [3.05, 3.63) is 82.0 Å². The Bertz CT molecular complexity index is 1000. The summed E-state index contributed by atoms with van der Waals surface area (Å²) in [6.45, 7) is 3.10. The van der Waals surface area contributed by atoms with Crippen LogP contribution in [0.3, 0.4) is 0 Å². The molecular formula is C23H22N2O2S2. The predicted octanol–water partition coefficient (Wildman–Crippen LogP) is 5.07. The van der Waals surface area contributed by atoms with E-state index in [0.29, 0.717) is 18.7 Å². The molecule has 4 rings (SSSR count). The molecule has 1 aliphatic rings. The second kappa shape index (κ2) is 8.84. The zero-order valence-electron chi connectivity index (χ0n) is 16.1. The highest BCUT2D eigenvalue weighted by molar-refractivity contribution is 8.00. The van der Waals surface area contributed by atoms with Gasteiger partial charge in [-0.2, -0.15) is 0 Å². The first-order valence-electron chi connectivity index (χ1n) is 9.57. The first kappa shape index (κ1) is 19.7. The van der Waals surface area contributed by atoms with Crippen molar-refractivity contribution in [3.63, 3.8) is 0 Å². The fourth-order valence-corrected chi connectivity index (χ4v) is 4.93. The highest BCUT2D eigenvalue weighted by Crippen LogP contribution is 2.36. The Hall–Kier alpha value is -2.57. The number of hydrogen-bond donors (Lipinski definition) is 1. The summed E-state index contributed by atoms with van der Waals surface area (Å²) in [4.78, 5) is 29.4. The van der Waals surface area contributed by atoms with Crippen molar-refractivity contribution in [1.29, 1.82) is 0 Å². The Labute approximate surface area is 178 Å². The molecule has 0 saturated carbocycles. The van der Waals surface area contributed by atoms with Crippen molar-refractivity contribution in [2.45, 2.75) is 30.0 Å². The Kier molecular flexibility index (Phi) is 6.02. The van der Waals surface area contributed by atoms with Crippen LogP contribution in [0.25, 0.3) is 0 Å². The predicted molar refractivity (Wildman–Crippen MR) is 120 cm³/mol. The number of nitrogens with zero attached hydrogens (tertiary/aromatic N) is 1. The Morgan fingerprint density at radius 1 is 1.10 bits per heavy atom. The topological polar surface area (TPSA) is 49.4 Å². The van der Waals surface area contributed by atoms with E-state index in [4.69, 9.17) is 0 Å². The molecule has 0 radical (unpaired) electrons.